The molecule has 45 heavy (non-hydrogen) atoms. The minimum atomic E-state index is -0.785. The number of hydrogen-bond acceptors (Lipinski definition) is 5. The number of piperidine rings is 1. The predicted molar refractivity (Wildman–Crippen MR) is 177 cm³/mol. The Balaban J connectivity index is 0.000000390. The first-order chi connectivity index (χ1) is 21.7. The number of nitrogens with one attached hydrogen (secondary N) is 1. The summed E-state index contributed by atoms with van der Waals surface area (Å²) < 4.78 is 21.5. The number of rotatable bonds is 10. The van der Waals surface area contributed by atoms with Crippen molar-refractivity contribution in [1.29, 1.82) is 0 Å². The fraction of sp³-hybridized carbons (Fsp3) is 0.514. The van der Waals surface area contributed by atoms with Crippen molar-refractivity contribution in [2.24, 2.45) is 11.8 Å². The van der Waals surface area contributed by atoms with Crippen LogP contribution in [0.5, 0.6) is 0 Å². The van der Waals surface area contributed by atoms with Crippen LogP contribution >= 0.6 is 0 Å². The maximum absolute atomic E-state index is 13.8. The molecule has 8 heteroatoms. The number of nitrogens with zero attached hydrogens (tertiary/aromatic N) is 3. The van der Waals surface area contributed by atoms with E-state index in [1.165, 1.54) is 48.9 Å². The second kappa shape index (κ2) is 15.2. The highest BCUT2D eigenvalue weighted by Crippen LogP contribution is 2.41. The Labute approximate surface area is 266 Å². The third kappa shape index (κ3) is 8.22. The van der Waals surface area contributed by atoms with Crippen LogP contribution in [0, 0.1) is 17.7 Å². The van der Waals surface area contributed by atoms with Crippen LogP contribution in [0.25, 0.3) is 11.0 Å². The van der Waals surface area contributed by atoms with Crippen molar-refractivity contribution in [3.05, 3.63) is 89.2 Å². The van der Waals surface area contributed by atoms with Crippen molar-refractivity contribution in [3.8, 4) is 0 Å². The number of hydrogen-bond donors (Lipinski definition) is 2. The van der Waals surface area contributed by atoms with Gasteiger partial charge in [-0.3, -0.25) is 9.48 Å². The monoisotopic (exact) mass is 616 g/mol. The van der Waals surface area contributed by atoms with Crippen LogP contribution in [0.1, 0.15) is 87.2 Å². The lowest BCUT2D eigenvalue weighted by atomic mass is 9.87. The van der Waals surface area contributed by atoms with Crippen LogP contribution in [0.4, 0.5) is 4.39 Å². The van der Waals surface area contributed by atoms with E-state index >= 15 is 0 Å². The standard InChI is InChI=1S/C31H36FN3O.C6H13NO2/c1-2-35-30(20-28(33-35)18-22-9-10-31-25(17-22)13-16-36-31)23-11-14-34(15-12-23)21-26-6-4-8-29(26)24-5-3-7-27(32)19-24;1-4(2)5(7-3)6(8)9/h3,5,7,9-10,13,16-17,19-20,23,26,29H,2,4,6,8,11-12,14-15,18,21H2,1H3;4-5,7H,1-3H3,(H,8,9)/t26?,29-;/m1./s1. The molecule has 7 nitrogen and oxygen atoms in total. The number of furan rings is 1. The molecule has 2 unspecified atom stereocenters. The first-order valence-electron chi connectivity index (χ1n) is 16.7. The van der Waals surface area contributed by atoms with Crippen LogP contribution in [-0.2, 0) is 17.8 Å². The van der Waals surface area contributed by atoms with Gasteiger partial charge in [0.1, 0.15) is 17.4 Å². The van der Waals surface area contributed by atoms with E-state index in [0.29, 0.717) is 17.8 Å². The smallest absolute Gasteiger partial charge is 0.320 e. The zero-order valence-corrected chi connectivity index (χ0v) is 27.2. The van der Waals surface area contributed by atoms with Gasteiger partial charge in [-0.2, -0.15) is 5.10 Å². The summed E-state index contributed by atoms with van der Waals surface area (Å²) in [6.45, 7) is 10.3. The Bertz CT molecular complexity index is 1540. The lowest BCUT2D eigenvalue weighted by molar-refractivity contribution is -0.140. The van der Waals surface area contributed by atoms with Crippen LogP contribution in [0.3, 0.4) is 0 Å². The van der Waals surface area contributed by atoms with Crippen molar-refractivity contribution >= 4 is 16.9 Å². The molecule has 242 valence electrons. The molecule has 3 atom stereocenters. The number of aromatic nitrogens is 2. The van der Waals surface area contributed by atoms with Crippen molar-refractivity contribution < 1.29 is 18.7 Å². The molecule has 0 spiro atoms. The van der Waals surface area contributed by atoms with Crippen molar-refractivity contribution in [3.63, 3.8) is 0 Å². The summed E-state index contributed by atoms with van der Waals surface area (Å²) in [4.78, 5) is 13.0. The molecule has 2 aliphatic rings. The second-order valence-corrected chi connectivity index (χ2v) is 13.1. The number of fused-ring (bicyclic) bond motifs is 1. The fourth-order valence-corrected chi connectivity index (χ4v) is 7.41. The van der Waals surface area contributed by atoms with E-state index in [2.05, 4.69) is 52.2 Å². The first kappa shape index (κ1) is 32.9. The van der Waals surface area contributed by atoms with E-state index in [1.807, 2.05) is 26.0 Å². The molecule has 6 rings (SSSR count). The normalized spacial score (nSPS) is 20.0. The number of benzene rings is 2. The fourth-order valence-electron chi connectivity index (χ4n) is 7.41. The van der Waals surface area contributed by atoms with Gasteiger partial charge >= 0.3 is 5.97 Å². The van der Waals surface area contributed by atoms with E-state index in [9.17, 15) is 9.18 Å². The average Bonchev–Trinajstić information content (AvgIpc) is 3.78. The molecule has 2 N–H and O–H groups in total. The minimum absolute atomic E-state index is 0.104. The molecule has 0 amide bonds. The van der Waals surface area contributed by atoms with E-state index in [1.54, 1.807) is 25.4 Å². The summed E-state index contributed by atoms with van der Waals surface area (Å²) in [6.07, 6.45) is 8.68. The lowest BCUT2D eigenvalue weighted by Gasteiger charge is -2.35. The first-order valence-corrected chi connectivity index (χ1v) is 16.7. The summed E-state index contributed by atoms with van der Waals surface area (Å²) in [5.41, 5.74) is 5.95. The topological polar surface area (TPSA) is 83.5 Å². The Morgan fingerprint density at radius 2 is 1.89 bits per heavy atom. The number of likely N-dealkylation sites (N-methyl/N-ethyl adjacent to an activating group) is 1. The minimum Gasteiger partial charge on any atom is -0.480 e. The number of carboxylic acids is 1. The van der Waals surface area contributed by atoms with E-state index in [-0.39, 0.29) is 11.7 Å². The Morgan fingerprint density at radius 1 is 1.09 bits per heavy atom. The number of aliphatic carboxylic acids is 1. The van der Waals surface area contributed by atoms with Crippen molar-refractivity contribution in [1.82, 2.24) is 20.0 Å². The average molecular weight is 617 g/mol. The Kier molecular flexibility index (Phi) is 11.1. The molecule has 2 aromatic heterocycles. The van der Waals surface area contributed by atoms with Gasteiger partial charge in [0.25, 0.3) is 0 Å². The molecule has 3 heterocycles. The van der Waals surface area contributed by atoms with Gasteiger partial charge in [-0.05, 0) is 118 Å². The maximum atomic E-state index is 13.8. The van der Waals surface area contributed by atoms with Gasteiger partial charge in [-0.15, -0.1) is 0 Å². The zero-order valence-electron chi connectivity index (χ0n) is 27.2. The maximum Gasteiger partial charge on any atom is 0.320 e. The molecule has 1 aliphatic heterocycles. The summed E-state index contributed by atoms with van der Waals surface area (Å²) in [7, 11) is 1.65. The van der Waals surface area contributed by atoms with E-state index < -0.39 is 12.0 Å². The van der Waals surface area contributed by atoms with Gasteiger partial charge in [0.05, 0.1) is 12.0 Å². The number of aryl methyl sites for hydroxylation is 1. The predicted octanol–water partition coefficient (Wildman–Crippen LogP) is 7.46. The van der Waals surface area contributed by atoms with Gasteiger partial charge in [0, 0.05) is 36.5 Å². The molecular formula is C37H49FN4O3. The van der Waals surface area contributed by atoms with Gasteiger partial charge in [0.2, 0.25) is 0 Å². The molecule has 0 radical (unpaired) electrons. The molecular weight excluding hydrogens is 567 g/mol. The summed E-state index contributed by atoms with van der Waals surface area (Å²) in [6, 6.07) is 17.7. The summed E-state index contributed by atoms with van der Waals surface area (Å²) >= 11 is 0. The molecule has 1 aliphatic carbocycles. The van der Waals surface area contributed by atoms with E-state index in [4.69, 9.17) is 14.6 Å². The van der Waals surface area contributed by atoms with Crippen LogP contribution in [0.15, 0.2) is 65.3 Å². The van der Waals surface area contributed by atoms with Gasteiger partial charge in [0.15, 0.2) is 0 Å². The van der Waals surface area contributed by atoms with Crippen LogP contribution in [-0.4, -0.2) is 58.5 Å². The molecule has 4 aromatic rings. The van der Waals surface area contributed by atoms with Gasteiger partial charge < -0.3 is 19.7 Å². The summed E-state index contributed by atoms with van der Waals surface area (Å²) in [5, 5.41) is 17.3. The lowest BCUT2D eigenvalue weighted by Crippen LogP contribution is -2.38. The molecule has 0 bridgehead atoms. The van der Waals surface area contributed by atoms with Gasteiger partial charge in [-0.25, -0.2) is 4.39 Å². The van der Waals surface area contributed by atoms with Crippen LogP contribution in [0.2, 0.25) is 0 Å². The van der Waals surface area contributed by atoms with Crippen LogP contribution < -0.4 is 5.32 Å². The number of likely N-dealkylation sites (tertiary alicyclic amines) is 1. The Hall–Kier alpha value is -3.49. The second-order valence-electron chi connectivity index (χ2n) is 13.1. The molecule has 1 saturated carbocycles. The van der Waals surface area contributed by atoms with E-state index in [0.717, 1.165) is 49.3 Å². The van der Waals surface area contributed by atoms with Gasteiger partial charge in [-0.1, -0.05) is 38.5 Å². The highest BCUT2D eigenvalue weighted by atomic mass is 19.1. The highest BCUT2D eigenvalue weighted by molar-refractivity contribution is 5.77. The Morgan fingerprint density at radius 3 is 2.56 bits per heavy atom. The van der Waals surface area contributed by atoms with Crippen molar-refractivity contribution in [2.45, 2.75) is 83.7 Å². The third-order valence-electron chi connectivity index (χ3n) is 9.74. The number of carbonyl (C=O) groups is 1. The highest BCUT2D eigenvalue weighted by Gasteiger charge is 2.32. The molecule has 2 fully saturated rings. The largest absolute Gasteiger partial charge is 0.480 e. The number of carboxylic acid groups (broad SMARTS) is 1. The third-order valence-corrected chi connectivity index (χ3v) is 9.74. The summed E-state index contributed by atoms with van der Waals surface area (Å²) in [5.74, 6) is 0.974. The molecule has 2 aromatic carbocycles. The van der Waals surface area contributed by atoms with Crippen molar-refractivity contribution in [2.75, 3.05) is 26.7 Å². The molecule has 1 saturated heterocycles. The zero-order chi connectivity index (χ0) is 31.9. The quantitative estimate of drug-likeness (QED) is 0.193. The SMILES string of the molecule is CCn1nc(Cc2ccc3occc3c2)cc1C1CCN(CC2CCC[C@@H]2c2cccc(F)c2)CC1.CNC(C(=O)O)C(C)C. The number of halogens is 1.